The van der Waals surface area contributed by atoms with Crippen molar-refractivity contribution in [2.45, 2.75) is 50.8 Å². The Labute approximate surface area is 208 Å². The SMILES string of the molecule is COc1ccc(OC)c(CN2CCCC[C@@H]3[C@H](OC)CCCN3C(=O)c3ccccc3OCC2)c1. The zero-order valence-electron chi connectivity index (χ0n) is 21.2. The molecule has 0 radical (unpaired) electrons. The van der Waals surface area contributed by atoms with Crippen LogP contribution in [0.4, 0.5) is 0 Å². The van der Waals surface area contributed by atoms with E-state index in [0.717, 1.165) is 75.3 Å². The number of carbonyl (C=O) groups excluding carboxylic acids is 1. The zero-order chi connectivity index (χ0) is 24.6. The predicted molar refractivity (Wildman–Crippen MR) is 135 cm³/mol. The summed E-state index contributed by atoms with van der Waals surface area (Å²) < 4.78 is 23.1. The molecule has 4 rings (SSSR count). The Hall–Kier alpha value is -2.77. The van der Waals surface area contributed by atoms with Gasteiger partial charge in [0, 0.05) is 32.3 Å². The molecule has 2 aliphatic heterocycles. The van der Waals surface area contributed by atoms with E-state index in [2.05, 4.69) is 4.90 Å². The zero-order valence-corrected chi connectivity index (χ0v) is 21.2. The molecule has 0 unspecified atom stereocenters. The molecule has 1 amide bonds. The van der Waals surface area contributed by atoms with Crippen molar-refractivity contribution in [3.05, 3.63) is 53.6 Å². The van der Waals surface area contributed by atoms with E-state index in [4.69, 9.17) is 18.9 Å². The number of fused-ring (bicyclic) bond motifs is 2. The summed E-state index contributed by atoms with van der Waals surface area (Å²) in [7, 11) is 5.14. The van der Waals surface area contributed by atoms with Crippen LogP contribution >= 0.6 is 0 Å². The van der Waals surface area contributed by atoms with Crippen molar-refractivity contribution >= 4 is 5.91 Å². The highest BCUT2D eigenvalue weighted by molar-refractivity contribution is 5.97. The number of hydrogen-bond acceptors (Lipinski definition) is 6. The fraction of sp³-hybridized carbons (Fsp3) is 0.536. The first-order chi connectivity index (χ1) is 17.1. The Bertz CT molecular complexity index is 982. The van der Waals surface area contributed by atoms with E-state index in [1.165, 1.54) is 0 Å². The van der Waals surface area contributed by atoms with Crippen LogP contribution in [0.15, 0.2) is 42.5 Å². The molecule has 1 fully saturated rings. The lowest BCUT2D eigenvalue weighted by atomic mass is 9.93. The van der Waals surface area contributed by atoms with E-state index in [0.29, 0.717) is 17.9 Å². The van der Waals surface area contributed by atoms with E-state index in [9.17, 15) is 4.79 Å². The third kappa shape index (κ3) is 6.08. The van der Waals surface area contributed by atoms with Crippen LogP contribution in [-0.2, 0) is 11.3 Å². The summed E-state index contributed by atoms with van der Waals surface area (Å²) in [6, 6.07) is 13.6. The van der Waals surface area contributed by atoms with Gasteiger partial charge in [-0.15, -0.1) is 0 Å². The van der Waals surface area contributed by atoms with Crippen LogP contribution in [0, 0.1) is 0 Å². The minimum absolute atomic E-state index is 0.0459. The van der Waals surface area contributed by atoms with Crippen molar-refractivity contribution < 1.29 is 23.7 Å². The van der Waals surface area contributed by atoms with E-state index in [1.54, 1.807) is 21.3 Å². The second-order valence-electron chi connectivity index (χ2n) is 9.28. The minimum Gasteiger partial charge on any atom is -0.497 e. The lowest BCUT2D eigenvalue weighted by molar-refractivity contribution is -0.0155. The monoisotopic (exact) mass is 482 g/mol. The first-order valence-corrected chi connectivity index (χ1v) is 12.6. The van der Waals surface area contributed by atoms with Gasteiger partial charge in [-0.1, -0.05) is 18.6 Å². The first-order valence-electron chi connectivity index (χ1n) is 12.6. The van der Waals surface area contributed by atoms with Gasteiger partial charge in [0.05, 0.1) is 31.9 Å². The Morgan fingerprint density at radius 2 is 1.80 bits per heavy atom. The highest BCUT2D eigenvalue weighted by Crippen LogP contribution is 2.30. The molecule has 2 atom stereocenters. The van der Waals surface area contributed by atoms with Crippen LogP contribution in [0.1, 0.15) is 48.0 Å². The highest BCUT2D eigenvalue weighted by atomic mass is 16.5. The van der Waals surface area contributed by atoms with Crippen molar-refractivity contribution in [1.29, 1.82) is 0 Å². The van der Waals surface area contributed by atoms with Gasteiger partial charge in [-0.2, -0.15) is 0 Å². The second-order valence-corrected chi connectivity index (χ2v) is 9.28. The minimum atomic E-state index is 0.0459. The molecule has 1 saturated heterocycles. The average molecular weight is 483 g/mol. The van der Waals surface area contributed by atoms with Crippen LogP contribution < -0.4 is 14.2 Å². The average Bonchev–Trinajstić information content (AvgIpc) is 2.91. The molecule has 2 aliphatic rings. The van der Waals surface area contributed by atoms with Crippen molar-refractivity contribution in [1.82, 2.24) is 9.80 Å². The fourth-order valence-corrected chi connectivity index (χ4v) is 5.30. The summed E-state index contributed by atoms with van der Waals surface area (Å²) >= 11 is 0. The fourth-order valence-electron chi connectivity index (χ4n) is 5.30. The van der Waals surface area contributed by atoms with Crippen LogP contribution in [0.2, 0.25) is 0 Å². The number of ether oxygens (including phenoxy) is 4. The number of rotatable bonds is 5. The Balaban J connectivity index is 1.57. The predicted octanol–water partition coefficient (Wildman–Crippen LogP) is 4.39. The van der Waals surface area contributed by atoms with Gasteiger partial charge in [-0.05, 0) is 62.6 Å². The number of hydrogen-bond donors (Lipinski definition) is 0. The largest absolute Gasteiger partial charge is 0.497 e. The van der Waals surface area contributed by atoms with Gasteiger partial charge in [0.15, 0.2) is 0 Å². The molecule has 2 aromatic rings. The van der Waals surface area contributed by atoms with Crippen LogP contribution in [0.5, 0.6) is 17.2 Å². The molecule has 2 heterocycles. The molecule has 7 nitrogen and oxygen atoms in total. The third-order valence-electron chi connectivity index (χ3n) is 7.17. The topological polar surface area (TPSA) is 60.5 Å². The summed E-state index contributed by atoms with van der Waals surface area (Å²) in [6.45, 7) is 3.68. The van der Waals surface area contributed by atoms with Gasteiger partial charge in [0.25, 0.3) is 5.91 Å². The van der Waals surface area contributed by atoms with E-state index >= 15 is 0 Å². The van der Waals surface area contributed by atoms with Crippen LogP contribution in [-0.4, -0.2) is 75.4 Å². The number of amides is 1. The van der Waals surface area contributed by atoms with Crippen molar-refractivity contribution in [2.75, 3.05) is 47.6 Å². The Kier molecular flexibility index (Phi) is 8.88. The quantitative estimate of drug-likeness (QED) is 0.630. The lowest BCUT2D eigenvalue weighted by Gasteiger charge is -2.41. The molecule has 0 bridgehead atoms. The van der Waals surface area contributed by atoms with E-state index in [-0.39, 0.29) is 18.1 Å². The smallest absolute Gasteiger partial charge is 0.257 e. The maximum atomic E-state index is 13.6. The summed E-state index contributed by atoms with van der Waals surface area (Å²) in [5.41, 5.74) is 1.72. The van der Waals surface area contributed by atoms with Crippen molar-refractivity contribution in [3.63, 3.8) is 0 Å². The van der Waals surface area contributed by atoms with Crippen molar-refractivity contribution in [3.8, 4) is 17.2 Å². The van der Waals surface area contributed by atoms with Gasteiger partial charge in [0.1, 0.15) is 23.9 Å². The molecule has 35 heavy (non-hydrogen) atoms. The molecular weight excluding hydrogens is 444 g/mol. The number of para-hydroxylation sites is 1. The molecular formula is C28H38N2O5. The van der Waals surface area contributed by atoms with Crippen molar-refractivity contribution in [2.24, 2.45) is 0 Å². The Morgan fingerprint density at radius 1 is 0.943 bits per heavy atom. The maximum absolute atomic E-state index is 13.6. The molecule has 190 valence electrons. The maximum Gasteiger partial charge on any atom is 0.257 e. The number of methoxy groups -OCH3 is 3. The van der Waals surface area contributed by atoms with Crippen LogP contribution in [0.3, 0.4) is 0 Å². The van der Waals surface area contributed by atoms with Gasteiger partial charge in [0.2, 0.25) is 0 Å². The summed E-state index contributed by atoms with van der Waals surface area (Å²) in [4.78, 5) is 18.0. The standard InChI is InChI=1S/C28H38N2O5/c1-32-22-13-14-25(33-2)21(19-22)20-29-15-7-6-10-24-27(34-3)12-8-16-30(24)28(31)23-9-4-5-11-26(23)35-18-17-29/h4-5,9,11,13-14,19,24,27H,6-8,10,12,15-18,20H2,1-3H3/t24-,27-/m1/s1. The first kappa shape index (κ1) is 25.3. The van der Waals surface area contributed by atoms with Gasteiger partial charge in [-0.25, -0.2) is 0 Å². The summed E-state index contributed by atoms with van der Waals surface area (Å²) in [5.74, 6) is 2.36. The number of carbonyl (C=O) groups is 1. The second kappa shape index (κ2) is 12.3. The van der Waals surface area contributed by atoms with E-state index in [1.807, 2.05) is 47.4 Å². The number of piperidine rings is 1. The molecule has 0 aromatic heterocycles. The third-order valence-corrected chi connectivity index (χ3v) is 7.17. The summed E-state index contributed by atoms with van der Waals surface area (Å²) in [5, 5.41) is 0. The molecule has 0 N–H and O–H groups in total. The van der Waals surface area contributed by atoms with Crippen LogP contribution in [0.25, 0.3) is 0 Å². The molecule has 2 aromatic carbocycles. The molecule has 0 saturated carbocycles. The Morgan fingerprint density at radius 3 is 2.60 bits per heavy atom. The number of benzene rings is 2. The lowest BCUT2D eigenvalue weighted by Crippen LogP contribution is -2.51. The highest BCUT2D eigenvalue weighted by Gasteiger charge is 2.35. The van der Waals surface area contributed by atoms with Gasteiger partial charge >= 0.3 is 0 Å². The molecule has 7 heteroatoms. The normalized spacial score (nSPS) is 22.0. The van der Waals surface area contributed by atoms with Gasteiger partial charge < -0.3 is 23.8 Å². The molecule has 0 aliphatic carbocycles. The number of nitrogens with zero attached hydrogens (tertiary/aromatic N) is 2. The van der Waals surface area contributed by atoms with E-state index < -0.39 is 0 Å². The molecule has 0 spiro atoms. The summed E-state index contributed by atoms with van der Waals surface area (Å²) in [6.07, 6.45) is 5.02. The van der Waals surface area contributed by atoms with Gasteiger partial charge in [-0.3, -0.25) is 9.69 Å².